The molecule has 0 spiro atoms. The first-order chi connectivity index (χ1) is 17.9. The van der Waals surface area contributed by atoms with Gasteiger partial charge in [-0.15, -0.1) is 0 Å². The van der Waals surface area contributed by atoms with Crippen molar-refractivity contribution in [3.8, 4) is 39.8 Å². The van der Waals surface area contributed by atoms with Crippen LogP contribution in [0, 0.1) is 6.92 Å². The van der Waals surface area contributed by atoms with Gasteiger partial charge in [0.25, 0.3) is 0 Å². The second-order valence-electron chi connectivity index (χ2n) is 10.4. The zero-order chi connectivity index (χ0) is 25.7. The number of likely N-dealkylation sites (N-methyl/N-ethyl adjacent to an activating group) is 1. The SMILES string of the molecule is Cc1nc(-c2cn3c(n2)-c2ccc(-c4cnn(C)c4CN4CCN(C)CC4)cc2OCC3)n(C(C)C)n1. The van der Waals surface area contributed by atoms with Crippen LogP contribution < -0.4 is 4.74 Å². The zero-order valence-electron chi connectivity index (χ0n) is 22.3. The number of imidazole rings is 1. The van der Waals surface area contributed by atoms with E-state index in [9.17, 15) is 0 Å². The Morgan fingerprint density at radius 1 is 0.973 bits per heavy atom. The van der Waals surface area contributed by atoms with Crippen molar-refractivity contribution in [3.05, 3.63) is 42.1 Å². The third-order valence-corrected chi connectivity index (χ3v) is 7.39. The smallest absolute Gasteiger partial charge is 0.178 e. The van der Waals surface area contributed by atoms with Crippen LogP contribution in [-0.4, -0.2) is 83.7 Å². The Bertz CT molecular complexity index is 1420. The molecule has 4 aromatic rings. The standard InChI is InChI=1S/C27H35N9O/c1-18(2)36-27(29-19(3)31-36)23-16-35-12-13-37-25-14-20(6-7-21(25)26(35)30-23)22-15-28-33(5)24(22)17-34-10-8-32(4)9-11-34/h6-7,14-16,18H,8-13,17H2,1-5H3. The molecule has 6 rings (SSSR count). The zero-order valence-corrected chi connectivity index (χ0v) is 22.3. The van der Waals surface area contributed by atoms with E-state index in [2.05, 4.69) is 74.8 Å². The Hall–Kier alpha value is -3.50. The number of aryl methyl sites for hydroxylation is 2. The van der Waals surface area contributed by atoms with Gasteiger partial charge in [0.1, 0.15) is 29.7 Å². The van der Waals surface area contributed by atoms with Crippen molar-refractivity contribution in [2.45, 2.75) is 39.9 Å². The lowest BCUT2D eigenvalue weighted by Gasteiger charge is -2.32. The van der Waals surface area contributed by atoms with E-state index < -0.39 is 0 Å². The molecule has 0 atom stereocenters. The summed E-state index contributed by atoms with van der Waals surface area (Å²) in [7, 11) is 4.22. The van der Waals surface area contributed by atoms with Gasteiger partial charge in [-0.3, -0.25) is 9.58 Å². The molecule has 2 aliphatic heterocycles. The van der Waals surface area contributed by atoms with Gasteiger partial charge < -0.3 is 14.2 Å². The van der Waals surface area contributed by atoms with Crippen LogP contribution in [0.1, 0.15) is 31.4 Å². The van der Waals surface area contributed by atoms with Crippen LogP contribution in [0.2, 0.25) is 0 Å². The highest BCUT2D eigenvalue weighted by atomic mass is 16.5. The van der Waals surface area contributed by atoms with Crippen molar-refractivity contribution in [2.75, 3.05) is 39.8 Å². The lowest BCUT2D eigenvalue weighted by atomic mass is 10.0. The highest BCUT2D eigenvalue weighted by molar-refractivity contribution is 5.75. The summed E-state index contributed by atoms with van der Waals surface area (Å²) in [6.07, 6.45) is 4.04. The van der Waals surface area contributed by atoms with Crippen molar-refractivity contribution in [1.29, 1.82) is 0 Å². The number of fused-ring (bicyclic) bond motifs is 3. The molecule has 10 heteroatoms. The molecule has 3 aromatic heterocycles. The Morgan fingerprint density at radius 2 is 1.78 bits per heavy atom. The molecule has 0 bridgehead atoms. The lowest BCUT2D eigenvalue weighted by Crippen LogP contribution is -2.44. The molecule has 1 aromatic carbocycles. The molecule has 1 fully saturated rings. The topological polar surface area (TPSA) is 82.1 Å². The Morgan fingerprint density at radius 3 is 2.57 bits per heavy atom. The van der Waals surface area contributed by atoms with Crippen LogP contribution in [-0.2, 0) is 20.1 Å². The minimum Gasteiger partial charge on any atom is -0.491 e. The fourth-order valence-electron chi connectivity index (χ4n) is 5.23. The van der Waals surface area contributed by atoms with Crippen LogP contribution in [0.25, 0.3) is 34.0 Å². The molecule has 5 heterocycles. The predicted octanol–water partition coefficient (Wildman–Crippen LogP) is 3.24. The van der Waals surface area contributed by atoms with E-state index in [0.29, 0.717) is 6.61 Å². The third kappa shape index (κ3) is 4.44. The summed E-state index contributed by atoms with van der Waals surface area (Å²) in [5, 5.41) is 9.18. The van der Waals surface area contributed by atoms with Gasteiger partial charge in [0.2, 0.25) is 0 Å². The minimum atomic E-state index is 0.204. The quantitative estimate of drug-likeness (QED) is 0.415. The summed E-state index contributed by atoms with van der Waals surface area (Å²) < 4.78 is 12.4. The molecule has 0 unspecified atom stereocenters. The number of rotatable bonds is 5. The number of hydrogen-bond acceptors (Lipinski definition) is 7. The van der Waals surface area contributed by atoms with Crippen LogP contribution >= 0.6 is 0 Å². The normalized spacial score (nSPS) is 16.5. The number of benzene rings is 1. The average molecular weight is 502 g/mol. The highest BCUT2D eigenvalue weighted by Crippen LogP contribution is 2.37. The number of nitrogens with zero attached hydrogens (tertiary/aromatic N) is 9. The van der Waals surface area contributed by atoms with E-state index in [-0.39, 0.29) is 6.04 Å². The summed E-state index contributed by atoms with van der Waals surface area (Å²) in [5.41, 5.74) is 5.32. The molecule has 194 valence electrons. The van der Waals surface area contributed by atoms with E-state index >= 15 is 0 Å². The van der Waals surface area contributed by atoms with E-state index in [1.165, 1.54) is 5.69 Å². The molecule has 10 nitrogen and oxygen atoms in total. The molecule has 0 saturated carbocycles. The van der Waals surface area contributed by atoms with E-state index in [1.807, 2.05) is 29.5 Å². The summed E-state index contributed by atoms with van der Waals surface area (Å²) in [5.74, 6) is 3.30. The maximum Gasteiger partial charge on any atom is 0.178 e. The largest absolute Gasteiger partial charge is 0.491 e. The molecule has 2 aliphatic rings. The van der Waals surface area contributed by atoms with Crippen LogP contribution in [0.5, 0.6) is 5.75 Å². The third-order valence-electron chi connectivity index (χ3n) is 7.39. The summed E-state index contributed by atoms with van der Waals surface area (Å²) >= 11 is 0. The van der Waals surface area contributed by atoms with Gasteiger partial charge in [-0.05, 0) is 45.5 Å². The van der Waals surface area contributed by atoms with E-state index in [4.69, 9.17) is 9.72 Å². The maximum atomic E-state index is 6.23. The number of aromatic nitrogens is 7. The lowest BCUT2D eigenvalue weighted by molar-refractivity contribution is 0.145. The average Bonchev–Trinajstić information content (AvgIpc) is 3.55. The van der Waals surface area contributed by atoms with E-state index in [1.54, 1.807) is 0 Å². The molecule has 1 saturated heterocycles. The molecule has 0 N–H and O–H groups in total. The van der Waals surface area contributed by atoms with Crippen molar-refractivity contribution in [2.24, 2.45) is 7.05 Å². The van der Waals surface area contributed by atoms with Crippen molar-refractivity contribution in [3.63, 3.8) is 0 Å². The molecule has 37 heavy (non-hydrogen) atoms. The van der Waals surface area contributed by atoms with Crippen LogP contribution in [0.4, 0.5) is 0 Å². The second-order valence-corrected chi connectivity index (χ2v) is 10.4. The summed E-state index contributed by atoms with van der Waals surface area (Å²) in [6, 6.07) is 6.64. The van der Waals surface area contributed by atoms with Gasteiger partial charge in [-0.2, -0.15) is 10.2 Å². The molecular weight excluding hydrogens is 466 g/mol. The first-order valence-corrected chi connectivity index (χ1v) is 13.1. The Balaban J connectivity index is 1.34. The van der Waals surface area contributed by atoms with Crippen molar-refractivity contribution < 1.29 is 4.74 Å². The Kier molecular flexibility index (Phi) is 6.08. The number of piperazine rings is 1. The first kappa shape index (κ1) is 23.9. The first-order valence-electron chi connectivity index (χ1n) is 13.1. The van der Waals surface area contributed by atoms with Gasteiger partial charge in [-0.25, -0.2) is 14.6 Å². The molecule has 0 radical (unpaired) electrons. The van der Waals surface area contributed by atoms with Gasteiger partial charge in [0.05, 0.1) is 24.0 Å². The van der Waals surface area contributed by atoms with E-state index in [0.717, 1.165) is 84.9 Å². The Labute approximate surface area is 217 Å². The van der Waals surface area contributed by atoms with Gasteiger partial charge in [-0.1, -0.05) is 6.07 Å². The fraction of sp³-hybridized carbons (Fsp3) is 0.481. The summed E-state index contributed by atoms with van der Waals surface area (Å²) in [6.45, 7) is 12.7. The van der Waals surface area contributed by atoms with Crippen molar-refractivity contribution >= 4 is 0 Å². The molecular formula is C27H35N9O. The maximum absolute atomic E-state index is 6.23. The van der Waals surface area contributed by atoms with Crippen LogP contribution in [0.15, 0.2) is 30.6 Å². The molecule has 0 aliphatic carbocycles. The molecule has 0 amide bonds. The monoisotopic (exact) mass is 501 g/mol. The predicted molar refractivity (Wildman–Crippen MR) is 142 cm³/mol. The highest BCUT2D eigenvalue weighted by Gasteiger charge is 2.24. The van der Waals surface area contributed by atoms with Crippen LogP contribution in [0.3, 0.4) is 0 Å². The fourth-order valence-corrected chi connectivity index (χ4v) is 5.23. The minimum absolute atomic E-state index is 0.204. The van der Waals surface area contributed by atoms with Gasteiger partial charge in [0, 0.05) is 57.6 Å². The van der Waals surface area contributed by atoms with Gasteiger partial charge >= 0.3 is 0 Å². The second kappa shape index (κ2) is 9.42. The van der Waals surface area contributed by atoms with Gasteiger partial charge in [0.15, 0.2) is 5.82 Å². The summed E-state index contributed by atoms with van der Waals surface area (Å²) in [4.78, 5) is 14.6. The van der Waals surface area contributed by atoms with Crippen molar-refractivity contribution in [1.82, 2.24) is 43.9 Å². The number of hydrogen-bond donors (Lipinski definition) is 0. The number of ether oxygens (including phenoxy) is 1.